The number of nitrogens with one attached hydrogen (secondary N) is 1. The standard InChI is InChI=1S/C17H16BrNO.C10H12BrN.CH4/c1-12-16-11-15(18)8-7-13(16)9-10-19(12)17(20)14-5-3-2-4-6-14;1-7-10-6-9(11)3-2-8(10)4-5-12-7;/h2-8,11-12H,9-10H2,1H3;2-3,6-7,12H,4-5H2,1H3;1H4/t12-;7-;/m00./s1. The van der Waals surface area contributed by atoms with Crippen LogP contribution in [0.4, 0.5) is 0 Å². The van der Waals surface area contributed by atoms with E-state index in [1.807, 2.05) is 35.2 Å². The van der Waals surface area contributed by atoms with Gasteiger partial charge < -0.3 is 10.2 Å². The van der Waals surface area contributed by atoms with E-state index in [1.54, 1.807) is 0 Å². The van der Waals surface area contributed by atoms with E-state index in [0.29, 0.717) is 6.04 Å². The number of carbonyl (C=O) groups excluding carboxylic acids is 1. The highest BCUT2D eigenvalue weighted by molar-refractivity contribution is 9.10. The molecule has 0 saturated heterocycles. The van der Waals surface area contributed by atoms with Gasteiger partial charge in [0.15, 0.2) is 0 Å². The first kappa shape index (κ1) is 25.7. The number of nitrogens with zero attached hydrogens (tertiary/aromatic N) is 1. The van der Waals surface area contributed by atoms with Gasteiger partial charge in [-0.2, -0.15) is 0 Å². The summed E-state index contributed by atoms with van der Waals surface area (Å²) in [6.07, 6.45) is 2.08. The van der Waals surface area contributed by atoms with Crippen LogP contribution in [-0.2, 0) is 12.8 Å². The Hall–Kier alpha value is -1.95. The van der Waals surface area contributed by atoms with Crippen LogP contribution in [0.5, 0.6) is 0 Å². The van der Waals surface area contributed by atoms with E-state index in [-0.39, 0.29) is 19.4 Å². The van der Waals surface area contributed by atoms with Crippen LogP contribution in [0.1, 0.15) is 66.0 Å². The zero-order chi connectivity index (χ0) is 22.7. The van der Waals surface area contributed by atoms with Crippen LogP contribution >= 0.6 is 31.9 Å². The Bertz CT molecular complexity index is 1100. The summed E-state index contributed by atoms with van der Waals surface area (Å²) in [5.41, 5.74) is 6.28. The molecule has 0 saturated carbocycles. The summed E-state index contributed by atoms with van der Waals surface area (Å²) in [7, 11) is 0. The normalized spacial score (nSPS) is 18.7. The Morgan fingerprint density at radius 2 is 1.48 bits per heavy atom. The third-order valence-corrected chi connectivity index (χ3v) is 7.33. The minimum atomic E-state index is 0. The van der Waals surface area contributed by atoms with Crippen LogP contribution < -0.4 is 5.32 Å². The Kier molecular flexibility index (Phi) is 8.91. The predicted molar refractivity (Wildman–Crippen MR) is 145 cm³/mol. The van der Waals surface area contributed by atoms with Crippen molar-refractivity contribution in [2.24, 2.45) is 0 Å². The van der Waals surface area contributed by atoms with Crippen molar-refractivity contribution >= 4 is 37.8 Å². The highest BCUT2D eigenvalue weighted by Crippen LogP contribution is 2.32. The van der Waals surface area contributed by atoms with Gasteiger partial charge in [-0.3, -0.25) is 4.79 Å². The van der Waals surface area contributed by atoms with Gasteiger partial charge in [0, 0.05) is 27.1 Å². The van der Waals surface area contributed by atoms with E-state index < -0.39 is 0 Å². The molecule has 3 aromatic carbocycles. The first-order valence-corrected chi connectivity index (χ1v) is 12.7. The number of fused-ring (bicyclic) bond motifs is 2. The number of carbonyl (C=O) groups is 1. The second-order valence-electron chi connectivity index (χ2n) is 8.40. The number of benzene rings is 3. The van der Waals surface area contributed by atoms with Crippen LogP contribution in [-0.4, -0.2) is 23.9 Å². The molecule has 0 aromatic heterocycles. The molecule has 2 atom stereocenters. The molecule has 0 radical (unpaired) electrons. The summed E-state index contributed by atoms with van der Waals surface area (Å²) in [5, 5.41) is 3.44. The highest BCUT2D eigenvalue weighted by atomic mass is 79.9. The van der Waals surface area contributed by atoms with Gasteiger partial charge in [-0.15, -0.1) is 0 Å². The zero-order valence-electron chi connectivity index (χ0n) is 18.4. The number of rotatable bonds is 1. The van der Waals surface area contributed by atoms with Gasteiger partial charge in [-0.1, -0.05) is 69.6 Å². The predicted octanol–water partition coefficient (Wildman–Crippen LogP) is 7.50. The fourth-order valence-electron chi connectivity index (χ4n) is 4.54. The Labute approximate surface area is 214 Å². The number of amides is 1. The molecule has 5 rings (SSSR count). The molecule has 0 spiro atoms. The fraction of sp³-hybridized carbons (Fsp3) is 0.321. The molecular formula is C28H32Br2N2O. The van der Waals surface area contributed by atoms with E-state index in [0.717, 1.165) is 36.0 Å². The Morgan fingerprint density at radius 1 is 0.879 bits per heavy atom. The van der Waals surface area contributed by atoms with Crippen LogP contribution in [0.3, 0.4) is 0 Å². The summed E-state index contributed by atoms with van der Waals surface area (Å²) in [5.74, 6) is 0.115. The lowest BCUT2D eigenvalue weighted by molar-refractivity contribution is 0.0677. The van der Waals surface area contributed by atoms with E-state index in [1.165, 1.54) is 26.7 Å². The average Bonchev–Trinajstić information content (AvgIpc) is 2.81. The average molecular weight is 572 g/mol. The lowest BCUT2D eigenvalue weighted by Crippen LogP contribution is -2.38. The maximum Gasteiger partial charge on any atom is 0.254 e. The quantitative estimate of drug-likeness (QED) is 0.328. The van der Waals surface area contributed by atoms with Gasteiger partial charge in [0.05, 0.1) is 6.04 Å². The summed E-state index contributed by atoms with van der Waals surface area (Å²) in [6.45, 7) is 6.20. The largest absolute Gasteiger partial charge is 0.332 e. The summed E-state index contributed by atoms with van der Waals surface area (Å²) in [6, 6.07) is 23.0. The van der Waals surface area contributed by atoms with Crippen LogP contribution in [0.25, 0.3) is 0 Å². The third-order valence-electron chi connectivity index (χ3n) is 6.35. The van der Waals surface area contributed by atoms with Crippen molar-refractivity contribution in [3.8, 4) is 0 Å². The molecule has 0 fully saturated rings. The molecule has 0 aliphatic carbocycles. The highest BCUT2D eigenvalue weighted by Gasteiger charge is 2.28. The summed E-state index contributed by atoms with van der Waals surface area (Å²) < 4.78 is 2.24. The molecule has 2 aliphatic rings. The molecule has 2 heterocycles. The van der Waals surface area contributed by atoms with Gasteiger partial charge in [0.2, 0.25) is 0 Å². The molecule has 0 bridgehead atoms. The van der Waals surface area contributed by atoms with Crippen molar-refractivity contribution in [1.82, 2.24) is 10.2 Å². The van der Waals surface area contributed by atoms with Crippen LogP contribution in [0, 0.1) is 0 Å². The van der Waals surface area contributed by atoms with Crippen molar-refractivity contribution in [1.29, 1.82) is 0 Å². The second-order valence-corrected chi connectivity index (χ2v) is 10.2. The molecule has 1 amide bonds. The Balaban J connectivity index is 0.000000202. The summed E-state index contributed by atoms with van der Waals surface area (Å²) in [4.78, 5) is 14.6. The first-order chi connectivity index (χ1) is 15.4. The lowest BCUT2D eigenvalue weighted by Gasteiger charge is -2.35. The number of hydrogen-bond acceptors (Lipinski definition) is 2. The molecule has 3 aromatic rings. The minimum absolute atomic E-state index is 0. The van der Waals surface area contributed by atoms with Gasteiger partial charge in [0.1, 0.15) is 0 Å². The van der Waals surface area contributed by atoms with Crippen molar-refractivity contribution in [3.05, 3.63) is 103 Å². The molecule has 2 aliphatic heterocycles. The third kappa shape index (κ3) is 5.95. The molecule has 5 heteroatoms. The van der Waals surface area contributed by atoms with Crippen LogP contribution in [0.15, 0.2) is 75.7 Å². The SMILES string of the molecule is C.C[C@@H]1NCCc2ccc(Br)cc21.C[C@H]1c2cc(Br)ccc2CCN1C(=O)c1ccccc1. The van der Waals surface area contributed by atoms with Crippen molar-refractivity contribution in [3.63, 3.8) is 0 Å². The van der Waals surface area contributed by atoms with E-state index in [4.69, 9.17) is 0 Å². The van der Waals surface area contributed by atoms with Gasteiger partial charge in [0.25, 0.3) is 5.91 Å². The molecule has 0 unspecified atom stereocenters. The minimum Gasteiger partial charge on any atom is -0.332 e. The lowest BCUT2D eigenvalue weighted by atomic mass is 9.93. The molecule has 3 nitrogen and oxygen atoms in total. The molecule has 33 heavy (non-hydrogen) atoms. The maximum absolute atomic E-state index is 12.6. The van der Waals surface area contributed by atoms with E-state index in [9.17, 15) is 4.79 Å². The van der Waals surface area contributed by atoms with Gasteiger partial charge >= 0.3 is 0 Å². The fourth-order valence-corrected chi connectivity index (χ4v) is 5.30. The summed E-state index contributed by atoms with van der Waals surface area (Å²) >= 11 is 7.01. The second kappa shape index (κ2) is 11.5. The topological polar surface area (TPSA) is 32.3 Å². The first-order valence-electron chi connectivity index (χ1n) is 11.1. The van der Waals surface area contributed by atoms with Gasteiger partial charge in [-0.25, -0.2) is 0 Å². The molecule has 174 valence electrons. The Morgan fingerprint density at radius 3 is 2.15 bits per heavy atom. The van der Waals surface area contributed by atoms with E-state index >= 15 is 0 Å². The molecule has 1 N–H and O–H groups in total. The molecular weight excluding hydrogens is 540 g/mol. The number of halogens is 2. The monoisotopic (exact) mass is 570 g/mol. The van der Waals surface area contributed by atoms with Crippen molar-refractivity contribution in [2.75, 3.05) is 13.1 Å². The number of hydrogen-bond donors (Lipinski definition) is 1. The maximum atomic E-state index is 12.6. The van der Waals surface area contributed by atoms with Crippen molar-refractivity contribution < 1.29 is 4.79 Å². The smallest absolute Gasteiger partial charge is 0.254 e. The van der Waals surface area contributed by atoms with Crippen LogP contribution in [0.2, 0.25) is 0 Å². The van der Waals surface area contributed by atoms with E-state index in [2.05, 4.69) is 87.4 Å². The zero-order valence-corrected chi connectivity index (χ0v) is 21.6. The van der Waals surface area contributed by atoms with Gasteiger partial charge in [-0.05, 0) is 91.9 Å². The van der Waals surface area contributed by atoms with Crippen molar-refractivity contribution in [2.45, 2.75) is 46.2 Å².